The molecule has 4 heteroatoms. The average molecular weight is 246 g/mol. The van der Waals surface area contributed by atoms with Crippen molar-refractivity contribution >= 4 is 0 Å². The highest BCUT2D eigenvalue weighted by molar-refractivity contribution is 5.31. The van der Waals surface area contributed by atoms with Crippen LogP contribution in [0.3, 0.4) is 0 Å². The van der Waals surface area contributed by atoms with Gasteiger partial charge in [0.15, 0.2) is 0 Å². The molecule has 1 aromatic rings. The van der Waals surface area contributed by atoms with Crippen molar-refractivity contribution in [1.29, 1.82) is 5.26 Å². The molecule has 0 radical (unpaired) electrons. The number of nitriles is 1. The van der Waals surface area contributed by atoms with Gasteiger partial charge in [-0.3, -0.25) is 4.90 Å². The Bertz CT molecular complexity index is 412. The van der Waals surface area contributed by atoms with E-state index in [0.717, 1.165) is 19.6 Å². The minimum absolute atomic E-state index is 0.147. The van der Waals surface area contributed by atoms with Gasteiger partial charge in [0, 0.05) is 33.9 Å². The third-order valence-electron chi connectivity index (χ3n) is 3.39. The molecular weight excluding hydrogens is 228 g/mol. The number of nitrogens with zero attached hydrogens (tertiary/aromatic N) is 2. The predicted molar refractivity (Wildman–Crippen MR) is 68.0 cm³/mol. The van der Waals surface area contributed by atoms with Gasteiger partial charge in [0.2, 0.25) is 0 Å². The van der Waals surface area contributed by atoms with E-state index in [2.05, 4.69) is 11.0 Å². The number of ether oxygens (including phenoxy) is 2. The monoisotopic (exact) mass is 246 g/mol. The first-order valence-corrected chi connectivity index (χ1v) is 6.03. The second-order valence-electron chi connectivity index (χ2n) is 4.55. The summed E-state index contributed by atoms with van der Waals surface area (Å²) in [5, 5.41) is 8.75. The van der Waals surface area contributed by atoms with Crippen LogP contribution in [-0.4, -0.2) is 44.4 Å². The summed E-state index contributed by atoms with van der Waals surface area (Å²) in [7, 11) is 3.45. The van der Waals surface area contributed by atoms with Crippen LogP contribution in [0.5, 0.6) is 0 Å². The van der Waals surface area contributed by atoms with Crippen molar-refractivity contribution in [3.05, 3.63) is 35.4 Å². The zero-order chi connectivity index (χ0) is 13.0. The van der Waals surface area contributed by atoms with Crippen molar-refractivity contribution in [2.75, 3.05) is 27.3 Å². The minimum Gasteiger partial charge on any atom is -0.377 e. The van der Waals surface area contributed by atoms with E-state index in [0.29, 0.717) is 5.56 Å². The standard InChI is InChI=1S/C14H18N2O2/c1-17-13-9-16(10-14(13)18-2)8-12-5-3-11(7-15)4-6-12/h3-6,13-14H,8-10H2,1-2H3/t13-,14-/m0/s1. The molecule has 1 heterocycles. The van der Waals surface area contributed by atoms with Gasteiger partial charge in [-0.15, -0.1) is 0 Å². The third kappa shape index (κ3) is 2.88. The largest absolute Gasteiger partial charge is 0.377 e. The van der Waals surface area contributed by atoms with Crippen molar-refractivity contribution in [3.63, 3.8) is 0 Å². The lowest BCUT2D eigenvalue weighted by atomic mass is 10.1. The molecule has 2 atom stereocenters. The molecule has 1 aliphatic heterocycles. The van der Waals surface area contributed by atoms with E-state index in [9.17, 15) is 0 Å². The number of benzene rings is 1. The topological polar surface area (TPSA) is 45.5 Å². The van der Waals surface area contributed by atoms with Crippen LogP contribution in [0.2, 0.25) is 0 Å². The fourth-order valence-electron chi connectivity index (χ4n) is 2.34. The first kappa shape index (κ1) is 13.0. The molecule has 0 unspecified atom stereocenters. The summed E-state index contributed by atoms with van der Waals surface area (Å²) in [6, 6.07) is 9.84. The summed E-state index contributed by atoms with van der Waals surface area (Å²) in [5.41, 5.74) is 1.91. The van der Waals surface area contributed by atoms with E-state index in [1.807, 2.05) is 24.3 Å². The zero-order valence-corrected chi connectivity index (χ0v) is 10.8. The molecule has 0 spiro atoms. The second-order valence-corrected chi connectivity index (χ2v) is 4.55. The van der Waals surface area contributed by atoms with Gasteiger partial charge in [0.25, 0.3) is 0 Å². The van der Waals surface area contributed by atoms with E-state index < -0.39 is 0 Å². The van der Waals surface area contributed by atoms with E-state index in [1.54, 1.807) is 14.2 Å². The van der Waals surface area contributed by atoms with Gasteiger partial charge in [-0.1, -0.05) is 12.1 Å². The van der Waals surface area contributed by atoms with E-state index in [4.69, 9.17) is 14.7 Å². The van der Waals surface area contributed by atoms with Crippen LogP contribution < -0.4 is 0 Å². The van der Waals surface area contributed by atoms with Crippen LogP contribution in [-0.2, 0) is 16.0 Å². The Morgan fingerprint density at radius 3 is 2.17 bits per heavy atom. The van der Waals surface area contributed by atoms with Crippen LogP contribution in [0.1, 0.15) is 11.1 Å². The highest BCUT2D eigenvalue weighted by Crippen LogP contribution is 2.18. The van der Waals surface area contributed by atoms with Gasteiger partial charge < -0.3 is 9.47 Å². The van der Waals surface area contributed by atoms with Gasteiger partial charge in [0.05, 0.1) is 23.8 Å². The SMILES string of the molecule is CO[C@H]1CN(Cc2ccc(C#N)cc2)C[C@@H]1OC. The Hall–Kier alpha value is -1.41. The number of hydrogen-bond donors (Lipinski definition) is 0. The quantitative estimate of drug-likeness (QED) is 0.805. The Morgan fingerprint density at radius 1 is 1.17 bits per heavy atom. The van der Waals surface area contributed by atoms with E-state index >= 15 is 0 Å². The molecule has 0 bridgehead atoms. The van der Waals surface area contributed by atoms with Crippen molar-refractivity contribution in [2.45, 2.75) is 18.8 Å². The lowest BCUT2D eigenvalue weighted by molar-refractivity contribution is -0.00461. The third-order valence-corrected chi connectivity index (χ3v) is 3.39. The van der Waals surface area contributed by atoms with Crippen LogP contribution in [0, 0.1) is 11.3 Å². The molecule has 1 aliphatic rings. The van der Waals surface area contributed by atoms with Gasteiger partial charge in [-0.05, 0) is 17.7 Å². The predicted octanol–water partition coefficient (Wildman–Crippen LogP) is 1.40. The number of rotatable bonds is 4. The number of likely N-dealkylation sites (tertiary alicyclic amines) is 1. The Kier molecular flexibility index (Phi) is 4.32. The lowest BCUT2D eigenvalue weighted by Gasteiger charge is -2.14. The first-order valence-electron chi connectivity index (χ1n) is 6.03. The van der Waals surface area contributed by atoms with E-state index in [-0.39, 0.29) is 12.2 Å². The van der Waals surface area contributed by atoms with Crippen molar-refractivity contribution in [1.82, 2.24) is 4.90 Å². The van der Waals surface area contributed by atoms with Gasteiger partial charge in [0.1, 0.15) is 0 Å². The zero-order valence-electron chi connectivity index (χ0n) is 10.8. The van der Waals surface area contributed by atoms with Crippen molar-refractivity contribution in [2.24, 2.45) is 0 Å². The Morgan fingerprint density at radius 2 is 1.72 bits per heavy atom. The highest BCUT2D eigenvalue weighted by Gasteiger charge is 2.32. The maximum atomic E-state index is 8.75. The molecule has 1 aromatic carbocycles. The molecule has 0 aromatic heterocycles. The fourth-order valence-corrected chi connectivity index (χ4v) is 2.34. The summed E-state index contributed by atoms with van der Waals surface area (Å²) < 4.78 is 10.8. The molecule has 96 valence electrons. The lowest BCUT2D eigenvalue weighted by Crippen LogP contribution is -2.27. The van der Waals surface area contributed by atoms with Crippen molar-refractivity contribution < 1.29 is 9.47 Å². The molecular formula is C14H18N2O2. The molecule has 0 saturated carbocycles. The Labute approximate surface area is 108 Å². The van der Waals surface area contributed by atoms with Crippen molar-refractivity contribution in [3.8, 4) is 6.07 Å². The van der Waals surface area contributed by atoms with Gasteiger partial charge in [-0.25, -0.2) is 0 Å². The minimum atomic E-state index is 0.147. The average Bonchev–Trinajstić information content (AvgIpc) is 2.81. The van der Waals surface area contributed by atoms with Gasteiger partial charge >= 0.3 is 0 Å². The second kappa shape index (κ2) is 5.96. The number of hydrogen-bond acceptors (Lipinski definition) is 4. The summed E-state index contributed by atoms with van der Waals surface area (Å²) in [6.07, 6.45) is 0.293. The van der Waals surface area contributed by atoms with Gasteiger partial charge in [-0.2, -0.15) is 5.26 Å². The summed E-state index contributed by atoms with van der Waals surface area (Å²) in [5.74, 6) is 0. The highest BCUT2D eigenvalue weighted by atomic mass is 16.5. The molecule has 1 saturated heterocycles. The molecule has 18 heavy (non-hydrogen) atoms. The van der Waals surface area contributed by atoms with Crippen LogP contribution in [0.4, 0.5) is 0 Å². The molecule has 0 amide bonds. The maximum absolute atomic E-state index is 8.75. The smallest absolute Gasteiger partial charge is 0.0991 e. The number of methoxy groups -OCH3 is 2. The van der Waals surface area contributed by atoms with Crippen LogP contribution in [0.25, 0.3) is 0 Å². The summed E-state index contributed by atoms with van der Waals surface area (Å²) in [4.78, 5) is 2.31. The molecule has 4 nitrogen and oxygen atoms in total. The molecule has 1 fully saturated rings. The molecule has 0 N–H and O–H groups in total. The summed E-state index contributed by atoms with van der Waals surface area (Å²) in [6.45, 7) is 2.63. The summed E-state index contributed by atoms with van der Waals surface area (Å²) >= 11 is 0. The molecule has 2 rings (SSSR count). The van der Waals surface area contributed by atoms with Crippen LogP contribution in [0.15, 0.2) is 24.3 Å². The first-order chi connectivity index (χ1) is 8.76. The fraction of sp³-hybridized carbons (Fsp3) is 0.500. The normalized spacial score (nSPS) is 24.1. The Balaban J connectivity index is 1.96. The maximum Gasteiger partial charge on any atom is 0.0991 e. The van der Waals surface area contributed by atoms with Crippen LogP contribution >= 0.6 is 0 Å². The molecule has 0 aliphatic carbocycles. The van der Waals surface area contributed by atoms with E-state index in [1.165, 1.54) is 5.56 Å².